The van der Waals surface area contributed by atoms with Gasteiger partial charge in [0.25, 0.3) is 0 Å². The molecule has 0 spiro atoms. The van der Waals surface area contributed by atoms with Crippen molar-refractivity contribution in [2.45, 2.75) is 25.4 Å². The summed E-state index contributed by atoms with van der Waals surface area (Å²) in [5, 5.41) is 0. The summed E-state index contributed by atoms with van der Waals surface area (Å²) in [6, 6.07) is 0. The summed E-state index contributed by atoms with van der Waals surface area (Å²) < 4.78 is 5.52. The van der Waals surface area contributed by atoms with Crippen LogP contribution in [0.15, 0.2) is 12.2 Å². The van der Waals surface area contributed by atoms with E-state index in [0.717, 1.165) is 18.9 Å². The molecule has 1 heteroatoms. The molecule has 0 bridgehead atoms. The lowest BCUT2D eigenvalue weighted by atomic mass is 10.2. The van der Waals surface area contributed by atoms with E-state index < -0.39 is 0 Å². The van der Waals surface area contributed by atoms with Gasteiger partial charge in [0.15, 0.2) is 0 Å². The first-order chi connectivity index (χ1) is 4.47. The molecule has 1 saturated carbocycles. The summed E-state index contributed by atoms with van der Waals surface area (Å²) in [4.78, 5) is 0. The van der Waals surface area contributed by atoms with Crippen LogP contribution in [0.4, 0.5) is 0 Å². The Labute approximate surface area is 55.7 Å². The zero-order chi connectivity index (χ0) is 6.10. The normalized spacial score (nSPS) is 34.9. The Hall–Kier alpha value is -0.300. The van der Waals surface area contributed by atoms with Gasteiger partial charge in [-0.15, -0.1) is 0 Å². The van der Waals surface area contributed by atoms with Gasteiger partial charge in [-0.25, -0.2) is 0 Å². The van der Waals surface area contributed by atoms with Crippen molar-refractivity contribution in [3.05, 3.63) is 12.2 Å². The third-order valence-electron chi connectivity index (χ3n) is 2.01. The van der Waals surface area contributed by atoms with E-state index in [0.29, 0.717) is 6.10 Å². The number of ether oxygens (including phenoxy) is 1. The summed E-state index contributed by atoms with van der Waals surface area (Å²) in [6.07, 6.45) is 8.83. The third-order valence-corrected chi connectivity index (χ3v) is 2.01. The Balaban J connectivity index is 1.94. The molecule has 0 aromatic rings. The van der Waals surface area contributed by atoms with Crippen molar-refractivity contribution in [3.63, 3.8) is 0 Å². The fourth-order valence-electron chi connectivity index (χ4n) is 1.28. The van der Waals surface area contributed by atoms with E-state index in [9.17, 15) is 0 Å². The van der Waals surface area contributed by atoms with Crippen LogP contribution in [-0.2, 0) is 4.74 Å². The van der Waals surface area contributed by atoms with Crippen molar-refractivity contribution >= 4 is 0 Å². The average Bonchev–Trinajstić information content (AvgIpc) is 2.71. The predicted molar refractivity (Wildman–Crippen MR) is 36.2 cm³/mol. The quantitative estimate of drug-likeness (QED) is 0.484. The summed E-state index contributed by atoms with van der Waals surface area (Å²) in [6.45, 7) is 0.942. The molecule has 1 fully saturated rings. The minimum atomic E-state index is 0.485. The van der Waals surface area contributed by atoms with Crippen LogP contribution in [0.25, 0.3) is 0 Å². The second-order valence-corrected chi connectivity index (χ2v) is 2.89. The Bertz CT molecular complexity index is 125. The van der Waals surface area contributed by atoms with Crippen LogP contribution in [0, 0.1) is 5.92 Å². The SMILES string of the molecule is C1=CC(C2CC2)OCC1. The maximum atomic E-state index is 5.52. The van der Waals surface area contributed by atoms with Gasteiger partial charge in [-0.1, -0.05) is 12.2 Å². The van der Waals surface area contributed by atoms with Crippen molar-refractivity contribution in [1.29, 1.82) is 0 Å². The van der Waals surface area contributed by atoms with E-state index in [2.05, 4.69) is 12.2 Å². The van der Waals surface area contributed by atoms with E-state index in [4.69, 9.17) is 4.74 Å². The Morgan fingerprint density at radius 3 is 2.78 bits per heavy atom. The number of rotatable bonds is 1. The highest BCUT2D eigenvalue weighted by molar-refractivity contribution is 5.00. The van der Waals surface area contributed by atoms with Crippen LogP contribution in [0.5, 0.6) is 0 Å². The predicted octanol–water partition coefficient (Wildman–Crippen LogP) is 1.74. The van der Waals surface area contributed by atoms with Gasteiger partial charge < -0.3 is 4.74 Å². The fraction of sp³-hybridized carbons (Fsp3) is 0.750. The van der Waals surface area contributed by atoms with Crippen molar-refractivity contribution in [1.82, 2.24) is 0 Å². The van der Waals surface area contributed by atoms with Gasteiger partial charge in [-0.2, -0.15) is 0 Å². The minimum absolute atomic E-state index is 0.485. The maximum Gasteiger partial charge on any atom is 0.0784 e. The lowest BCUT2D eigenvalue weighted by molar-refractivity contribution is 0.0656. The largest absolute Gasteiger partial charge is 0.374 e. The topological polar surface area (TPSA) is 9.23 Å². The van der Waals surface area contributed by atoms with Gasteiger partial charge in [0.2, 0.25) is 0 Å². The molecule has 0 saturated heterocycles. The van der Waals surface area contributed by atoms with Crippen LogP contribution in [0.1, 0.15) is 19.3 Å². The Kier molecular flexibility index (Phi) is 1.31. The van der Waals surface area contributed by atoms with E-state index in [-0.39, 0.29) is 0 Å². The molecule has 0 aromatic carbocycles. The second kappa shape index (κ2) is 2.14. The number of hydrogen-bond donors (Lipinski definition) is 0. The third kappa shape index (κ3) is 1.16. The van der Waals surface area contributed by atoms with E-state index in [1.807, 2.05) is 0 Å². The van der Waals surface area contributed by atoms with Crippen molar-refractivity contribution in [2.24, 2.45) is 5.92 Å². The highest BCUT2D eigenvalue weighted by Crippen LogP contribution is 2.35. The van der Waals surface area contributed by atoms with Gasteiger partial charge >= 0.3 is 0 Å². The van der Waals surface area contributed by atoms with Gasteiger partial charge in [0.05, 0.1) is 12.7 Å². The molecule has 1 atom stereocenters. The van der Waals surface area contributed by atoms with Crippen LogP contribution >= 0.6 is 0 Å². The summed E-state index contributed by atoms with van der Waals surface area (Å²) in [5.41, 5.74) is 0. The molecule has 9 heavy (non-hydrogen) atoms. The molecule has 1 aliphatic heterocycles. The molecular formula is C8H12O. The first-order valence-corrected chi connectivity index (χ1v) is 3.75. The second-order valence-electron chi connectivity index (χ2n) is 2.89. The molecular weight excluding hydrogens is 112 g/mol. The van der Waals surface area contributed by atoms with Gasteiger partial charge in [-0.05, 0) is 25.2 Å². The lowest BCUT2D eigenvalue weighted by Crippen LogP contribution is -2.16. The molecule has 0 amide bonds. The zero-order valence-corrected chi connectivity index (χ0v) is 5.55. The first-order valence-electron chi connectivity index (χ1n) is 3.75. The number of hydrogen-bond acceptors (Lipinski definition) is 1. The van der Waals surface area contributed by atoms with Gasteiger partial charge in [0, 0.05) is 0 Å². The zero-order valence-electron chi connectivity index (χ0n) is 5.55. The van der Waals surface area contributed by atoms with E-state index >= 15 is 0 Å². The monoisotopic (exact) mass is 124 g/mol. The Morgan fingerprint density at radius 2 is 2.22 bits per heavy atom. The molecule has 50 valence electrons. The van der Waals surface area contributed by atoms with Crippen molar-refractivity contribution < 1.29 is 4.74 Å². The molecule has 2 aliphatic rings. The smallest absolute Gasteiger partial charge is 0.0784 e. The average molecular weight is 124 g/mol. The molecule has 1 heterocycles. The molecule has 1 aliphatic carbocycles. The van der Waals surface area contributed by atoms with Crippen molar-refractivity contribution in [2.75, 3.05) is 6.61 Å². The summed E-state index contributed by atoms with van der Waals surface area (Å²) in [7, 11) is 0. The summed E-state index contributed by atoms with van der Waals surface area (Å²) in [5.74, 6) is 0.876. The van der Waals surface area contributed by atoms with E-state index in [1.54, 1.807) is 0 Å². The molecule has 0 N–H and O–H groups in total. The molecule has 2 rings (SSSR count). The van der Waals surface area contributed by atoms with Gasteiger partial charge in [-0.3, -0.25) is 0 Å². The molecule has 0 radical (unpaired) electrons. The molecule has 0 aromatic heterocycles. The van der Waals surface area contributed by atoms with Crippen LogP contribution in [0.3, 0.4) is 0 Å². The molecule has 1 nitrogen and oxygen atoms in total. The lowest BCUT2D eigenvalue weighted by Gasteiger charge is -2.16. The fourth-order valence-corrected chi connectivity index (χ4v) is 1.28. The molecule has 1 unspecified atom stereocenters. The standard InChI is InChI=1S/C8H12O/c1-2-6-9-8(3-1)7-4-5-7/h1,3,7-8H,2,4-6H2. The van der Waals surface area contributed by atoms with Crippen LogP contribution in [-0.4, -0.2) is 12.7 Å². The van der Waals surface area contributed by atoms with Gasteiger partial charge in [0.1, 0.15) is 0 Å². The van der Waals surface area contributed by atoms with Crippen LogP contribution < -0.4 is 0 Å². The first kappa shape index (κ1) is 5.48. The van der Waals surface area contributed by atoms with Crippen molar-refractivity contribution in [3.8, 4) is 0 Å². The Morgan fingerprint density at radius 1 is 1.33 bits per heavy atom. The maximum absolute atomic E-state index is 5.52. The minimum Gasteiger partial charge on any atom is -0.374 e. The highest BCUT2D eigenvalue weighted by Gasteiger charge is 2.30. The highest BCUT2D eigenvalue weighted by atomic mass is 16.5. The summed E-state index contributed by atoms with van der Waals surface area (Å²) >= 11 is 0. The van der Waals surface area contributed by atoms with E-state index in [1.165, 1.54) is 12.8 Å². The van der Waals surface area contributed by atoms with Crippen LogP contribution in [0.2, 0.25) is 0 Å².